The second kappa shape index (κ2) is 6.93. The largest absolute Gasteiger partial charge is 0.348 e. The Bertz CT molecular complexity index is 819. The maximum Gasteiger partial charge on any atom is 0.253 e. The first kappa shape index (κ1) is 15.7. The number of amides is 1. The van der Waals surface area contributed by atoms with Crippen LogP contribution in [0.5, 0.6) is 0 Å². The summed E-state index contributed by atoms with van der Waals surface area (Å²) >= 11 is 9.39. The molecule has 1 N–H and O–H groups in total. The first-order valence-electron chi connectivity index (χ1n) is 6.80. The third kappa shape index (κ3) is 3.78. The summed E-state index contributed by atoms with van der Waals surface area (Å²) in [6.45, 7) is 0.377. The molecule has 0 aliphatic rings. The highest BCUT2D eigenvalue weighted by molar-refractivity contribution is 9.10. The molecule has 2 aromatic heterocycles. The van der Waals surface area contributed by atoms with Crippen molar-refractivity contribution in [1.82, 2.24) is 19.9 Å². The van der Waals surface area contributed by atoms with Gasteiger partial charge in [-0.2, -0.15) is 0 Å². The van der Waals surface area contributed by atoms with E-state index < -0.39 is 0 Å². The van der Waals surface area contributed by atoms with Crippen molar-refractivity contribution in [3.63, 3.8) is 0 Å². The van der Waals surface area contributed by atoms with Gasteiger partial charge in [0.2, 0.25) is 0 Å². The number of hydrogen-bond acceptors (Lipinski definition) is 3. The Morgan fingerprint density at radius 1 is 1.30 bits per heavy atom. The van der Waals surface area contributed by atoms with Gasteiger partial charge in [0.05, 0.1) is 10.6 Å². The molecule has 1 amide bonds. The minimum absolute atomic E-state index is 0.221. The van der Waals surface area contributed by atoms with Crippen molar-refractivity contribution in [3.8, 4) is 5.82 Å². The molecule has 3 rings (SSSR count). The number of rotatable bonds is 4. The predicted octanol–water partition coefficient (Wildman–Crippen LogP) is 3.61. The molecule has 3 aromatic rings. The first-order chi connectivity index (χ1) is 11.1. The number of benzene rings is 1. The fraction of sp³-hybridized carbons (Fsp3) is 0.0625. The second-order valence-electron chi connectivity index (χ2n) is 4.80. The second-order valence-corrected chi connectivity index (χ2v) is 6.12. The number of nitrogens with one attached hydrogen (secondary N) is 1. The van der Waals surface area contributed by atoms with E-state index in [4.69, 9.17) is 11.6 Å². The summed E-state index contributed by atoms with van der Waals surface area (Å²) in [7, 11) is 0. The molecule has 0 saturated carbocycles. The number of carbonyl (C=O) groups is 1. The average molecular weight is 392 g/mol. The third-order valence-electron chi connectivity index (χ3n) is 3.21. The molecule has 0 spiro atoms. The molecule has 0 radical (unpaired) electrons. The summed E-state index contributed by atoms with van der Waals surface area (Å²) in [6.07, 6.45) is 6.91. The number of pyridine rings is 1. The van der Waals surface area contributed by atoms with E-state index in [1.165, 1.54) is 0 Å². The van der Waals surface area contributed by atoms with Gasteiger partial charge in [-0.3, -0.25) is 9.36 Å². The van der Waals surface area contributed by atoms with Gasteiger partial charge < -0.3 is 5.32 Å². The standard InChI is InChI=1S/C16H12BrClN4O/c17-12-2-3-13(14(18)7-12)16(23)21-9-11-1-4-15(20-8-11)22-6-5-19-10-22/h1-8,10H,9H2,(H,21,23). The molecular formula is C16H12BrClN4O. The quantitative estimate of drug-likeness (QED) is 0.739. The topological polar surface area (TPSA) is 59.8 Å². The Morgan fingerprint density at radius 2 is 2.17 bits per heavy atom. The monoisotopic (exact) mass is 390 g/mol. The number of hydrogen-bond donors (Lipinski definition) is 1. The fourth-order valence-corrected chi connectivity index (χ4v) is 2.78. The first-order valence-corrected chi connectivity index (χ1v) is 7.97. The Morgan fingerprint density at radius 3 is 2.83 bits per heavy atom. The van der Waals surface area contributed by atoms with Crippen LogP contribution in [-0.2, 0) is 6.54 Å². The molecule has 7 heteroatoms. The van der Waals surface area contributed by atoms with E-state index in [9.17, 15) is 4.79 Å². The van der Waals surface area contributed by atoms with E-state index in [-0.39, 0.29) is 5.91 Å². The summed E-state index contributed by atoms with van der Waals surface area (Å²) in [5, 5.41) is 3.24. The average Bonchev–Trinajstić information content (AvgIpc) is 3.07. The highest BCUT2D eigenvalue weighted by Crippen LogP contribution is 2.21. The molecule has 0 aliphatic heterocycles. The van der Waals surface area contributed by atoms with E-state index in [0.29, 0.717) is 17.1 Å². The van der Waals surface area contributed by atoms with Crippen LogP contribution in [0, 0.1) is 0 Å². The van der Waals surface area contributed by atoms with E-state index in [1.807, 2.05) is 22.9 Å². The van der Waals surface area contributed by atoms with Crippen LogP contribution in [0.3, 0.4) is 0 Å². The smallest absolute Gasteiger partial charge is 0.253 e. The molecule has 0 bridgehead atoms. The van der Waals surface area contributed by atoms with Crippen LogP contribution in [0.2, 0.25) is 5.02 Å². The Kier molecular flexibility index (Phi) is 4.73. The maximum atomic E-state index is 12.2. The van der Waals surface area contributed by atoms with E-state index in [0.717, 1.165) is 15.9 Å². The lowest BCUT2D eigenvalue weighted by atomic mass is 10.2. The van der Waals surface area contributed by atoms with Gasteiger partial charge in [0.15, 0.2) is 0 Å². The van der Waals surface area contributed by atoms with Crippen molar-refractivity contribution in [1.29, 1.82) is 0 Å². The van der Waals surface area contributed by atoms with Crippen LogP contribution >= 0.6 is 27.5 Å². The Labute approximate surface area is 146 Å². The summed E-state index contributed by atoms with van der Waals surface area (Å²) in [5.41, 5.74) is 1.34. The van der Waals surface area contributed by atoms with Crippen molar-refractivity contribution in [3.05, 3.63) is 75.9 Å². The predicted molar refractivity (Wildman–Crippen MR) is 91.7 cm³/mol. The van der Waals surface area contributed by atoms with Crippen LogP contribution in [0.25, 0.3) is 5.82 Å². The van der Waals surface area contributed by atoms with Crippen LogP contribution in [0.4, 0.5) is 0 Å². The number of carbonyl (C=O) groups excluding carboxylic acids is 1. The number of aromatic nitrogens is 3. The molecule has 0 aliphatic carbocycles. The van der Waals surface area contributed by atoms with Gasteiger partial charge in [-0.05, 0) is 29.8 Å². The molecule has 1 aromatic carbocycles. The lowest BCUT2D eigenvalue weighted by molar-refractivity contribution is 0.0951. The van der Waals surface area contributed by atoms with Crippen LogP contribution < -0.4 is 5.32 Å². The normalized spacial score (nSPS) is 10.5. The Balaban J connectivity index is 1.65. The molecule has 116 valence electrons. The number of nitrogens with zero attached hydrogens (tertiary/aromatic N) is 3. The SMILES string of the molecule is O=C(NCc1ccc(-n2ccnc2)nc1)c1ccc(Br)cc1Cl. The summed E-state index contributed by atoms with van der Waals surface area (Å²) in [4.78, 5) is 20.5. The molecule has 0 fully saturated rings. The van der Waals surface area contributed by atoms with Crippen LogP contribution in [0.15, 0.2) is 59.7 Å². The molecular weight excluding hydrogens is 380 g/mol. The summed E-state index contributed by atoms with van der Waals surface area (Å²) in [6, 6.07) is 8.93. The van der Waals surface area contributed by atoms with Gasteiger partial charge in [0, 0.05) is 29.6 Å². The molecule has 0 unspecified atom stereocenters. The fourth-order valence-electron chi connectivity index (χ4n) is 2.02. The maximum absolute atomic E-state index is 12.2. The molecule has 0 saturated heterocycles. The lowest BCUT2D eigenvalue weighted by Gasteiger charge is -2.08. The van der Waals surface area contributed by atoms with E-state index in [2.05, 4.69) is 31.2 Å². The van der Waals surface area contributed by atoms with Crippen molar-refractivity contribution < 1.29 is 4.79 Å². The number of halogens is 2. The molecule has 2 heterocycles. The highest BCUT2D eigenvalue weighted by atomic mass is 79.9. The molecule has 5 nitrogen and oxygen atoms in total. The van der Waals surface area contributed by atoms with Crippen LogP contribution in [-0.4, -0.2) is 20.4 Å². The van der Waals surface area contributed by atoms with Crippen LogP contribution in [0.1, 0.15) is 15.9 Å². The minimum atomic E-state index is -0.221. The molecule has 23 heavy (non-hydrogen) atoms. The zero-order valence-corrected chi connectivity index (χ0v) is 14.3. The van der Waals surface area contributed by atoms with Gasteiger partial charge in [-0.15, -0.1) is 0 Å². The van der Waals surface area contributed by atoms with Crippen molar-refractivity contribution in [2.45, 2.75) is 6.54 Å². The van der Waals surface area contributed by atoms with E-state index >= 15 is 0 Å². The van der Waals surface area contributed by atoms with Gasteiger partial charge in [-0.1, -0.05) is 33.6 Å². The number of imidazole rings is 1. The third-order valence-corrected chi connectivity index (χ3v) is 4.01. The lowest BCUT2D eigenvalue weighted by Crippen LogP contribution is -2.23. The zero-order chi connectivity index (χ0) is 16.2. The molecule has 0 atom stereocenters. The van der Waals surface area contributed by atoms with Crippen molar-refractivity contribution in [2.75, 3.05) is 0 Å². The van der Waals surface area contributed by atoms with Gasteiger partial charge in [0.25, 0.3) is 5.91 Å². The van der Waals surface area contributed by atoms with Gasteiger partial charge in [0.1, 0.15) is 12.1 Å². The van der Waals surface area contributed by atoms with E-state index in [1.54, 1.807) is 36.9 Å². The van der Waals surface area contributed by atoms with Gasteiger partial charge >= 0.3 is 0 Å². The Hall–Kier alpha value is -2.18. The highest BCUT2D eigenvalue weighted by Gasteiger charge is 2.10. The van der Waals surface area contributed by atoms with Gasteiger partial charge in [-0.25, -0.2) is 9.97 Å². The minimum Gasteiger partial charge on any atom is -0.348 e. The summed E-state index contributed by atoms with van der Waals surface area (Å²) in [5.74, 6) is 0.551. The van der Waals surface area contributed by atoms with Crippen molar-refractivity contribution in [2.24, 2.45) is 0 Å². The zero-order valence-electron chi connectivity index (χ0n) is 11.9. The summed E-state index contributed by atoms with van der Waals surface area (Å²) < 4.78 is 2.64. The van der Waals surface area contributed by atoms with Crippen molar-refractivity contribution >= 4 is 33.4 Å².